The quantitative estimate of drug-likeness (QED) is 0.316. The standard InChI is InChI=1S/C31H34N4O8/c1-39-24-11-27(41-15-19-5-3-2-4-6-19)25(14-36)28(12-24)42-18-30(37)32-29-13-26(33-34-29)20-7-8-23(9-20)43-31(38)35-21-10-22(35)17-40-16-21/h2-6,11-14,20-23H,7-10,15-18H2,1H3,(H2,32,33,34,37). The zero-order valence-electron chi connectivity index (χ0n) is 23.8. The Morgan fingerprint density at radius 2 is 1.84 bits per heavy atom. The van der Waals surface area contributed by atoms with Crippen molar-refractivity contribution in [2.24, 2.45) is 0 Å². The van der Waals surface area contributed by atoms with Gasteiger partial charge in [-0.1, -0.05) is 30.3 Å². The molecular weight excluding hydrogens is 556 g/mol. The Balaban J connectivity index is 1.01. The largest absolute Gasteiger partial charge is 0.496 e. The lowest BCUT2D eigenvalue weighted by Gasteiger charge is -2.51. The van der Waals surface area contributed by atoms with Crippen molar-refractivity contribution in [2.45, 2.75) is 56.4 Å². The lowest BCUT2D eigenvalue weighted by Crippen LogP contribution is -2.65. The minimum absolute atomic E-state index is 0.132. The lowest BCUT2D eigenvalue weighted by atomic mass is 9.92. The average Bonchev–Trinajstić information content (AvgIpc) is 3.69. The maximum Gasteiger partial charge on any atom is 0.410 e. The molecule has 2 N–H and O–H groups in total. The first kappa shape index (κ1) is 28.5. The number of ether oxygens (including phenoxy) is 5. The van der Waals surface area contributed by atoms with Crippen molar-refractivity contribution in [3.63, 3.8) is 0 Å². The number of benzene rings is 2. The van der Waals surface area contributed by atoms with E-state index in [-0.39, 0.29) is 60.5 Å². The molecule has 0 spiro atoms. The number of amides is 2. The van der Waals surface area contributed by atoms with Crippen LogP contribution in [0.2, 0.25) is 0 Å². The van der Waals surface area contributed by atoms with Crippen LogP contribution in [0.4, 0.5) is 10.6 Å². The van der Waals surface area contributed by atoms with Crippen LogP contribution in [0.1, 0.15) is 53.2 Å². The number of hydrogen-bond donors (Lipinski definition) is 2. The van der Waals surface area contributed by atoms with Gasteiger partial charge in [-0.15, -0.1) is 0 Å². The summed E-state index contributed by atoms with van der Waals surface area (Å²) < 4.78 is 28.2. The second-order valence-electron chi connectivity index (χ2n) is 11.0. The SMILES string of the molecule is COc1cc(OCC(=O)Nc2cc(C3CCC(OC(=O)N4C5COCC4C5)C3)[nH]n2)c(C=O)c(OCc2ccccc2)c1. The molecule has 3 aliphatic rings. The maximum atomic E-state index is 12.7. The predicted octanol–water partition coefficient (Wildman–Crippen LogP) is 4.07. The van der Waals surface area contributed by atoms with Crippen LogP contribution in [-0.4, -0.2) is 78.5 Å². The van der Waals surface area contributed by atoms with Gasteiger partial charge < -0.3 is 29.0 Å². The Kier molecular flexibility index (Phi) is 8.45. The zero-order valence-corrected chi connectivity index (χ0v) is 23.8. The number of morpholine rings is 1. The van der Waals surface area contributed by atoms with Crippen molar-refractivity contribution < 1.29 is 38.1 Å². The van der Waals surface area contributed by atoms with Gasteiger partial charge in [0.25, 0.3) is 5.91 Å². The van der Waals surface area contributed by atoms with Crippen LogP contribution in [0, 0.1) is 0 Å². The van der Waals surface area contributed by atoms with E-state index in [1.807, 2.05) is 35.2 Å². The van der Waals surface area contributed by atoms with E-state index in [0.29, 0.717) is 37.5 Å². The minimum atomic E-state index is -0.452. The van der Waals surface area contributed by atoms with Crippen LogP contribution in [-0.2, 0) is 20.9 Å². The fraction of sp³-hybridized carbons (Fsp3) is 0.419. The van der Waals surface area contributed by atoms with Crippen LogP contribution in [0.5, 0.6) is 17.2 Å². The van der Waals surface area contributed by atoms with Gasteiger partial charge in [0.05, 0.1) is 38.0 Å². The summed E-state index contributed by atoms with van der Waals surface area (Å²) >= 11 is 0. The van der Waals surface area contributed by atoms with Gasteiger partial charge in [0.1, 0.15) is 30.0 Å². The third-order valence-corrected chi connectivity index (χ3v) is 8.15. The first-order chi connectivity index (χ1) is 21.0. The van der Waals surface area contributed by atoms with E-state index < -0.39 is 5.91 Å². The van der Waals surface area contributed by atoms with E-state index in [1.54, 1.807) is 12.1 Å². The van der Waals surface area contributed by atoms with Gasteiger partial charge in [-0.2, -0.15) is 5.10 Å². The summed E-state index contributed by atoms with van der Waals surface area (Å²) in [6, 6.07) is 14.7. The molecule has 3 aromatic rings. The highest BCUT2D eigenvalue weighted by atomic mass is 16.6. The topological polar surface area (TPSA) is 141 Å². The summed E-state index contributed by atoms with van der Waals surface area (Å²) in [4.78, 5) is 39.1. The Bertz CT molecular complexity index is 1450. The molecule has 3 fully saturated rings. The fourth-order valence-corrected chi connectivity index (χ4v) is 5.89. The zero-order chi connectivity index (χ0) is 29.8. The minimum Gasteiger partial charge on any atom is -0.496 e. The van der Waals surface area contributed by atoms with Gasteiger partial charge in [-0.05, 0) is 31.2 Å². The number of methoxy groups -OCH3 is 1. The number of fused-ring (bicyclic) bond motifs is 2. The number of nitrogens with zero attached hydrogens (tertiary/aromatic N) is 2. The highest BCUT2D eigenvalue weighted by Gasteiger charge is 2.47. The smallest absolute Gasteiger partial charge is 0.410 e. The molecule has 3 heterocycles. The van der Waals surface area contributed by atoms with Gasteiger partial charge in [0, 0.05) is 29.8 Å². The summed E-state index contributed by atoms with van der Waals surface area (Å²) in [6.07, 6.45) is 3.49. The predicted molar refractivity (Wildman–Crippen MR) is 154 cm³/mol. The number of aldehydes is 1. The molecule has 12 nitrogen and oxygen atoms in total. The van der Waals surface area contributed by atoms with Crippen molar-refractivity contribution in [2.75, 3.05) is 32.2 Å². The van der Waals surface area contributed by atoms with Gasteiger partial charge in [0.2, 0.25) is 0 Å². The van der Waals surface area contributed by atoms with E-state index in [4.69, 9.17) is 23.7 Å². The van der Waals surface area contributed by atoms with E-state index in [2.05, 4.69) is 15.5 Å². The van der Waals surface area contributed by atoms with Gasteiger partial charge in [0.15, 0.2) is 18.7 Å². The van der Waals surface area contributed by atoms with Crippen molar-refractivity contribution >= 4 is 24.1 Å². The van der Waals surface area contributed by atoms with Crippen molar-refractivity contribution in [1.82, 2.24) is 15.1 Å². The molecule has 2 aromatic carbocycles. The van der Waals surface area contributed by atoms with Crippen LogP contribution in [0.3, 0.4) is 0 Å². The summed E-state index contributed by atoms with van der Waals surface area (Å²) in [5.41, 5.74) is 1.97. The van der Waals surface area contributed by atoms with E-state index in [0.717, 1.165) is 30.5 Å². The van der Waals surface area contributed by atoms with Crippen LogP contribution >= 0.6 is 0 Å². The molecule has 226 valence electrons. The highest BCUT2D eigenvalue weighted by molar-refractivity contribution is 5.91. The molecule has 2 saturated heterocycles. The molecule has 12 heteroatoms. The van der Waals surface area contributed by atoms with E-state index in [9.17, 15) is 14.4 Å². The molecule has 43 heavy (non-hydrogen) atoms. The number of nitrogens with one attached hydrogen (secondary N) is 2. The third kappa shape index (κ3) is 6.43. The molecule has 1 saturated carbocycles. The molecule has 1 aliphatic carbocycles. The number of rotatable bonds is 11. The molecule has 4 atom stereocenters. The Hall–Kier alpha value is -4.58. The molecule has 2 bridgehead atoms. The highest BCUT2D eigenvalue weighted by Crippen LogP contribution is 2.38. The van der Waals surface area contributed by atoms with E-state index in [1.165, 1.54) is 13.2 Å². The fourth-order valence-electron chi connectivity index (χ4n) is 5.89. The van der Waals surface area contributed by atoms with Crippen molar-refractivity contribution in [3.8, 4) is 17.2 Å². The van der Waals surface area contributed by atoms with Gasteiger partial charge in [-0.25, -0.2) is 4.79 Å². The number of carbonyl (C=O) groups is 3. The molecule has 6 rings (SSSR count). The third-order valence-electron chi connectivity index (χ3n) is 8.15. The molecule has 2 aliphatic heterocycles. The number of carbonyl (C=O) groups excluding carboxylic acids is 3. The first-order valence-corrected chi connectivity index (χ1v) is 14.4. The molecule has 4 unspecified atom stereocenters. The normalized spacial score (nSPS) is 22.3. The Labute approximate surface area is 248 Å². The summed E-state index contributed by atoms with van der Waals surface area (Å²) in [5.74, 6) is 0.900. The van der Waals surface area contributed by atoms with Crippen LogP contribution in [0.15, 0.2) is 48.5 Å². The number of hydrogen-bond acceptors (Lipinski definition) is 9. The monoisotopic (exact) mass is 590 g/mol. The molecule has 1 aromatic heterocycles. The molecule has 0 radical (unpaired) electrons. The summed E-state index contributed by atoms with van der Waals surface area (Å²) in [5, 5.41) is 9.93. The van der Waals surface area contributed by atoms with Crippen LogP contribution in [0.25, 0.3) is 0 Å². The van der Waals surface area contributed by atoms with Gasteiger partial charge >= 0.3 is 6.09 Å². The second-order valence-corrected chi connectivity index (χ2v) is 11.0. The Morgan fingerprint density at radius 1 is 1.07 bits per heavy atom. The molecule has 2 amide bonds. The number of H-pyrrole nitrogens is 1. The maximum absolute atomic E-state index is 12.7. The summed E-state index contributed by atoms with van der Waals surface area (Å²) in [7, 11) is 1.49. The second kappa shape index (κ2) is 12.7. The number of anilines is 1. The molecular formula is C31H34N4O8. The van der Waals surface area contributed by atoms with Gasteiger partial charge in [-0.3, -0.25) is 19.6 Å². The average molecular weight is 591 g/mol. The lowest BCUT2D eigenvalue weighted by molar-refractivity contribution is -0.118. The van der Waals surface area contributed by atoms with Crippen molar-refractivity contribution in [1.29, 1.82) is 0 Å². The summed E-state index contributed by atoms with van der Waals surface area (Å²) in [6.45, 7) is 1.04. The Morgan fingerprint density at radius 3 is 2.56 bits per heavy atom. The van der Waals surface area contributed by atoms with Crippen LogP contribution < -0.4 is 19.5 Å². The number of aromatic nitrogens is 2. The first-order valence-electron chi connectivity index (χ1n) is 14.4. The number of aromatic amines is 1. The van der Waals surface area contributed by atoms with Crippen molar-refractivity contribution in [3.05, 3.63) is 65.4 Å². The van der Waals surface area contributed by atoms with E-state index >= 15 is 0 Å².